The van der Waals surface area contributed by atoms with E-state index in [2.05, 4.69) is 15.9 Å². The predicted octanol–water partition coefficient (Wildman–Crippen LogP) is 2.61. The number of ketones is 3. The van der Waals surface area contributed by atoms with Crippen LogP contribution < -0.4 is 0 Å². The molecule has 0 saturated heterocycles. The molecule has 0 heterocycles. The standard InChI is InChI=1S/C22H13BrO7/c1-29-20(27)22(21(28)30-2)14-9-10(23)7-8-13(14)18(25)15-16(22)19(26)12-6-4-3-5-11(12)17(15)24/h3-9H,1-2H3. The number of ether oxygens (including phenoxy) is 2. The molecule has 0 unspecified atom stereocenters. The average Bonchev–Trinajstić information content (AvgIpc) is 2.76. The van der Waals surface area contributed by atoms with Crippen LogP contribution in [0, 0.1) is 0 Å². The molecule has 150 valence electrons. The number of esters is 2. The second-order valence-electron chi connectivity index (χ2n) is 6.71. The van der Waals surface area contributed by atoms with E-state index in [4.69, 9.17) is 9.47 Å². The molecule has 0 atom stereocenters. The van der Waals surface area contributed by atoms with Crippen molar-refractivity contribution in [2.75, 3.05) is 14.2 Å². The monoisotopic (exact) mass is 468 g/mol. The summed E-state index contributed by atoms with van der Waals surface area (Å²) < 4.78 is 10.3. The zero-order chi connectivity index (χ0) is 21.8. The van der Waals surface area contributed by atoms with Gasteiger partial charge in [-0.15, -0.1) is 0 Å². The van der Waals surface area contributed by atoms with E-state index in [9.17, 15) is 24.0 Å². The minimum Gasteiger partial charge on any atom is -0.468 e. The minimum absolute atomic E-state index is 0.00956. The smallest absolute Gasteiger partial charge is 0.332 e. The Morgan fingerprint density at radius 3 is 1.90 bits per heavy atom. The van der Waals surface area contributed by atoms with E-state index >= 15 is 0 Å². The normalized spacial score (nSPS) is 16.4. The van der Waals surface area contributed by atoms with Gasteiger partial charge < -0.3 is 9.47 Å². The average molecular weight is 469 g/mol. The van der Waals surface area contributed by atoms with Crippen molar-refractivity contribution >= 4 is 45.2 Å². The largest absolute Gasteiger partial charge is 0.468 e. The Hall–Kier alpha value is -3.39. The minimum atomic E-state index is -2.42. The van der Waals surface area contributed by atoms with Gasteiger partial charge in [-0.2, -0.15) is 0 Å². The molecule has 0 spiro atoms. The number of hydrogen-bond donors (Lipinski definition) is 0. The first-order valence-electron chi connectivity index (χ1n) is 8.75. The van der Waals surface area contributed by atoms with Gasteiger partial charge in [0.1, 0.15) is 0 Å². The summed E-state index contributed by atoms with van der Waals surface area (Å²) in [6, 6.07) is 10.2. The number of methoxy groups -OCH3 is 2. The van der Waals surface area contributed by atoms with Crippen molar-refractivity contribution in [3.63, 3.8) is 0 Å². The number of Topliss-reactive ketones (excluding diaryl/α,β-unsaturated/α-hetero) is 3. The summed E-state index contributed by atoms with van der Waals surface area (Å²) in [6.45, 7) is 0. The van der Waals surface area contributed by atoms with Crippen molar-refractivity contribution in [2.45, 2.75) is 5.41 Å². The van der Waals surface area contributed by atoms with Gasteiger partial charge in [-0.1, -0.05) is 40.2 Å². The highest BCUT2D eigenvalue weighted by Gasteiger charge is 2.62. The fourth-order valence-corrected chi connectivity index (χ4v) is 4.42. The third-order valence-electron chi connectivity index (χ3n) is 5.34. The number of carbonyl (C=O) groups is 5. The number of carbonyl (C=O) groups excluding carboxylic acids is 5. The van der Waals surface area contributed by atoms with Gasteiger partial charge in [0.25, 0.3) is 0 Å². The van der Waals surface area contributed by atoms with Gasteiger partial charge in [-0.3, -0.25) is 24.0 Å². The summed E-state index contributed by atoms with van der Waals surface area (Å²) in [5.41, 5.74) is -3.62. The molecule has 0 fully saturated rings. The van der Waals surface area contributed by atoms with E-state index in [1.165, 1.54) is 30.3 Å². The number of benzene rings is 2. The zero-order valence-corrected chi connectivity index (χ0v) is 17.4. The molecule has 0 N–H and O–H groups in total. The van der Waals surface area contributed by atoms with Gasteiger partial charge in [0, 0.05) is 26.7 Å². The molecule has 0 saturated carbocycles. The van der Waals surface area contributed by atoms with Gasteiger partial charge >= 0.3 is 11.9 Å². The van der Waals surface area contributed by atoms with Gasteiger partial charge in [0.15, 0.2) is 17.3 Å². The van der Waals surface area contributed by atoms with E-state index in [1.807, 2.05) is 0 Å². The molecule has 30 heavy (non-hydrogen) atoms. The molecule has 4 rings (SSSR count). The van der Waals surface area contributed by atoms with Crippen molar-refractivity contribution in [1.82, 2.24) is 0 Å². The van der Waals surface area contributed by atoms with Gasteiger partial charge in [0.2, 0.25) is 5.41 Å². The second kappa shape index (κ2) is 6.84. The third kappa shape index (κ3) is 2.34. The number of rotatable bonds is 2. The summed E-state index contributed by atoms with van der Waals surface area (Å²) in [5, 5.41) is 0. The van der Waals surface area contributed by atoms with Crippen molar-refractivity contribution < 1.29 is 33.4 Å². The topological polar surface area (TPSA) is 104 Å². The predicted molar refractivity (Wildman–Crippen MR) is 106 cm³/mol. The Bertz CT molecular complexity index is 1210. The Labute approximate surface area is 178 Å². The summed E-state index contributed by atoms with van der Waals surface area (Å²) >= 11 is 3.26. The number of hydrogen-bond acceptors (Lipinski definition) is 7. The highest BCUT2D eigenvalue weighted by atomic mass is 79.9. The van der Waals surface area contributed by atoms with Crippen molar-refractivity contribution in [2.24, 2.45) is 0 Å². The lowest BCUT2D eigenvalue weighted by atomic mass is 9.61. The summed E-state index contributed by atoms with van der Waals surface area (Å²) in [6.07, 6.45) is 0. The lowest BCUT2D eigenvalue weighted by Crippen LogP contribution is -2.54. The maximum atomic E-state index is 13.5. The molecule has 2 aromatic carbocycles. The van der Waals surface area contributed by atoms with E-state index in [1.54, 1.807) is 12.1 Å². The Morgan fingerprint density at radius 2 is 1.33 bits per heavy atom. The number of fused-ring (bicyclic) bond motifs is 2. The molecule has 7 nitrogen and oxygen atoms in total. The quantitative estimate of drug-likeness (QED) is 0.379. The highest BCUT2D eigenvalue weighted by molar-refractivity contribution is 9.10. The molecule has 0 aliphatic heterocycles. The first-order valence-corrected chi connectivity index (χ1v) is 9.54. The van der Waals surface area contributed by atoms with E-state index < -0.39 is 45.8 Å². The van der Waals surface area contributed by atoms with Crippen LogP contribution >= 0.6 is 15.9 Å². The summed E-state index contributed by atoms with van der Waals surface area (Å²) in [7, 11) is 2.09. The number of halogens is 1. The molecule has 2 aliphatic carbocycles. The Morgan fingerprint density at radius 1 is 0.800 bits per heavy atom. The molecule has 8 heteroatoms. The van der Waals surface area contributed by atoms with Crippen LogP contribution in [0.4, 0.5) is 0 Å². The van der Waals surface area contributed by atoms with E-state index in [0.29, 0.717) is 4.47 Å². The fourth-order valence-electron chi connectivity index (χ4n) is 4.06. The maximum Gasteiger partial charge on any atom is 0.332 e. The van der Waals surface area contributed by atoms with Crippen LogP contribution in [0.15, 0.2) is 58.1 Å². The van der Waals surface area contributed by atoms with Crippen LogP contribution in [0.2, 0.25) is 0 Å². The molecule has 2 aliphatic rings. The molecular formula is C22H13BrO7. The van der Waals surface area contributed by atoms with Gasteiger partial charge in [-0.25, -0.2) is 0 Å². The lowest BCUT2D eigenvalue weighted by molar-refractivity contribution is -0.159. The van der Waals surface area contributed by atoms with Crippen LogP contribution in [0.25, 0.3) is 0 Å². The highest BCUT2D eigenvalue weighted by Crippen LogP contribution is 2.48. The molecule has 0 bridgehead atoms. The van der Waals surface area contributed by atoms with E-state index in [0.717, 1.165) is 14.2 Å². The molecule has 0 amide bonds. The van der Waals surface area contributed by atoms with Gasteiger partial charge in [-0.05, 0) is 23.8 Å². The van der Waals surface area contributed by atoms with Crippen molar-refractivity contribution in [3.05, 3.63) is 80.3 Å². The summed E-state index contributed by atoms with van der Waals surface area (Å²) in [4.78, 5) is 66.3. The maximum absolute atomic E-state index is 13.5. The lowest BCUT2D eigenvalue weighted by Gasteiger charge is -2.38. The molecule has 0 aromatic heterocycles. The van der Waals surface area contributed by atoms with Crippen LogP contribution in [0.3, 0.4) is 0 Å². The van der Waals surface area contributed by atoms with Crippen LogP contribution in [-0.4, -0.2) is 43.5 Å². The van der Waals surface area contributed by atoms with Crippen molar-refractivity contribution in [3.8, 4) is 0 Å². The van der Waals surface area contributed by atoms with Gasteiger partial charge in [0.05, 0.1) is 19.8 Å². The molecular weight excluding hydrogens is 456 g/mol. The van der Waals surface area contributed by atoms with Crippen molar-refractivity contribution in [1.29, 1.82) is 0 Å². The molecule has 0 radical (unpaired) electrons. The fraction of sp³-hybridized carbons (Fsp3) is 0.136. The Kier molecular flexibility index (Phi) is 4.54. The first kappa shape index (κ1) is 19.9. The Balaban J connectivity index is 2.21. The zero-order valence-electron chi connectivity index (χ0n) is 15.8. The first-order chi connectivity index (χ1) is 14.3. The molecule has 2 aromatic rings. The van der Waals surface area contributed by atoms with Crippen LogP contribution in [-0.2, 0) is 24.5 Å². The van der Waals surface area contributed by atoms with E-state index in [-0.39, 0.29) is 22.3 Å². The SMILES string of the molecule is COC(=O)C1(C(=O)OC)C2=C(C(=O)c3ccccc3C2=O)C(=O)c2ccc(Br)cc21. The van der Waals surface area contributed by atoms with Crippen LogP contribution in [0.5, 0.6) is 0 Å². The third-order valence-corrected chi connectivity index (χ3v) is 5.83. The second-order valence-corrected chi connectivity index (χ2v) is 7.62. The summed E-state index contributed by atoms with van der Waals surface area (Å²) in [5.74, 6) is -4.53. The van der Waals surface area contributed by atoms with Crippen LogP contribution in [0.1, 0.15) is 36.6 Å². The number of allylic oxidation sites excluding steroid dienone is 1.